The fourth-order valence-electron chi connectivity index (χ4n) is 16.7. The van der Waals surface area contributed by atoms with Gasteiger partial charge in [0.05, 0.1) is 55.3 Å². The highest BCUT2D eigenvalue weighted by molar-refractivity contribution is 5.83. The number of nitrogens with zero attached hydrogens (tertiary/aromatic N) is 2. The van der Waals surface area contributed by atoms with Gasteiger partial charge in [-0.3, -0.25) is 38.4 Å². The van der Waals surface area contributed by atoms with Crippen LogP contribution in [0.4, 0.5) is 0 Å². The minimum atomic E-state index is -2.57. The Kier molecular flexibility index (Phi) is 34.0. The molecule has 10 fully saturated rings. The highest BCUT2D eigenvalue weighted by Gasteiger charge is 2.62. The van der Waals surface area contributed by atoms with Gasteiger partial charge in [0.1, 0.15) is 164 Å². The number of rotatable bonds is 27. The van der Waals surface area contributed by atoms with Crippen LogP contribution in [0.25, 0.3) is 0 Å². The van der Waals surface area contributed by atoms with Crippen molar-refractivity contribution >= 4 is 47.3 Å². The minimum Gasteiger partial charge on any atom is -0.394 e. The van der Waals surface area contributed by atoms with E-state index in [4.69, 9.17) is 86.3 Å². The quantitative estimate of drug-likeness (QED) is 0.0268. The molecule has 10 heterocycles. The molecule has 0 saturated carbocycles. The van der Waals surface area contributed by atoms with E-state index in [0.717, 1.165) is 34.6 Å². The number of ether oxygens (including phenoxy) is 17. The van der Waals surface area contributed by atoms with Gasteiger partial charge in [-0.15, -0.1) is 9.81 Å². The van der Waals surface area contributed by atoms with Crippen LogP contribution in [0.5, 0.6) is 0 Å². The molecule has 0 aromatic heterocycles. The Morgan fingerprint density at radius 2 is 0.768 bits per heavy atom. The maximum absolute atomic E-state index is 15.2. The first-order valence-corrected chi connectivity index (χ1v) is 40.1. The summed E-state index contributed by atoms with van der Waals surface area (Å²) >= 11 is 0. The fourth-order valence-corrected chi connectivity index (χ4v) is 16.7. The fraction of sp³-hybridized carbons (Fsp3) is 0.887. The van der Waals surface area contributed by atoms with Crippen LogP contribution in [0.3, 0.4) is 0 Å². The Labute approximate surface area is 709 Å². The van der Waals surface area contributed by atoms with Crippen LogP contribution >= 0.6 is 0 Å². The molecule has 54 heteroatoms. The van der Waals surface area contributed by atoms with Crippen LogP contribution in [-0.2, 0) is 119 Å². The minimum absolute atomic E-state index is 0.620. The van der Waals surface area contributed by atoms with E-state index >= 15 is 9.59 Å². The summed E-state index contributed by atoms with van der Waals surface area (Å²) in [6, 6.07) is -6.33. The molecule has 0 spiro atoms. The maximum Gasteiger partial charge on any atom is 0.315 e. The molecule has 54 nitrogen and oxygen atoms in total. The summed E-state index contributed by atoms with van der Waals surface area (Å²) in [5.41, 5.74) is 4.62. The lowest BCUT2D eigenvalue weighted by Crippen LogP contribution is -2.71. The number of aliphatic hydroxyl groups excluding tert-OH is 18. The number of hydrogen-bond acceptors (Lipinski definition) is 46. The third kappa shape index (κ3) is 22.1. The van der Waals surface area contributed by atoms with Crippen LogP contribution < -0.4 is 37.6 Å². The van der Waals surface area contributed by atoms with Crippen LogP contribution in [0.15, 0.2) is 10.4 Å². The number of nitroso groups, excluding NO2 is 2. The summed E-state index contributed by atoms with van der Waals surface area (Å²) in [5, 5.41) is 224. The molecule has 0 radical (unpaired) electrons. The van der Waals surface area contributed by atoms with Gasteiger partial charge in [0.15, 0.2) is 68.9 Å². The van der Waals surface area contributed by atoms with Crippen molar-refractivity contribution in [1.29, 1.82) is 0 Å². The Bertz CT molecular complexity index is 3730. The lowest BCUT2D eigenvalue weighted by Gasteiger charge is -2.51. The topological polar surface area (TPSA) is 815 Å². The molecule has 49 atom stereocenters. The molecule has 10 saturated heterocycles. The van der Waals surface area contributed by atoms with Gasteiger partial charge in [-0.25, -0.2) is 0 Å². The van der Waals surface area contributed by atoms with Crippen molar-refractivity contribution in [2.45, 2.75) is 365 Å². The van der Waals surface area contributed by atoms with Crippen LogP contribution in [0.2, 0.25) is 0 Å². The van der Waals surface area contributed by atoms with Gasteiger partial charge < -0.3 is 210 Å². The van der Waals surface area contributed by atoms with Crippen molar-refractivity contribution in [3.8, 4) is 0 Å². The third-order valence-electron chi connectivity index (χ3n) is 23.6. The average molecular weight is 1810 g/mol. The second-order valence-corrected chi connectivity index (χ2v) is 32.8. The number of nitrogens with one attached hydrogen (secondary N) is 6. The number of carbonyl (C=O) groups excluding carboxylic acids is 8. The normalized spacial score (nSPS) is 47.8. The summed E-state index contributed by atoms with van der Waals surface area (Å²) in [7, 11) is 0. The second-order valence-electron chi connectivity index (χ2n) is 32.8. The van der Waals surface area contributed by atoms with E-state index in [1.54, 1.807) is 0 Å². The van der Waals surface area contributed by atoms with E-state index in [1.807, 2.05) is 0 Å². The first-order valence-electron chi connectivity index (χ1n) is 40.1. The molecule has 8 amide bonds. The molecule has 38 unspecified atom stereocenters. The molecule has 0 aromatic rings. The Morgan fingerprint density at radius 1 is 0.368 bits per heavy atom. The first-order chi connectivity index (χ1) is 58.5. The monoisotopic (exact) mass is 1810 g/mol. The van der Waals surface area contributed by atoms with Crippen molar-refractivity contribution in [1.82, 2.24) is 31.9 Å². The molecule has 10 aliphatic heterocycles. The molecule has 0 bridgehead atoms. The number of amides is 8. The Balaban J connectivity index is 0.900. The number of carbonyl (C=O) groups is 8. The van der Waals surface area contributed by atoms with Gasteiger partial charge in [0.25, 0.3) is 5.91 Å². The smallest absolute Gasteiger partial charge is 0.315 e. The van der Waals surface area contributed by atoms with E-state index in [1.165, 1.54) is 41.5 Å². The van der Waals surface area contributed by atoms with E-state index in [0.29, 0.717) is 0 Å². The molecule has 10 aliphatic rings. The van der Waals surface area contributed by atoms with Gasteiger partial charge in [-0.2, -0.15) is 0 Å². The molecule has 712 valence electrons. The van der Waals surface area contributed by atoms with E-state index < -0.39 is 367 Å². The van der Waals surface area contributed by atoms with Gasteiger partial charge in [-0.05, 0) is 41.0 Å². The van der Waals surface area contributed by atoms with Crippen molar-refractivity contribution in [2.24, 2.45) is 33.8 Å². The zero-order valence-corrected chi connectivity index (χ0v) is 68.9. The lowest BCUT2D eigenvalue weighted by atomic mass is 9.83. The summed E-state index contributed by atoms with van der Waals surface area (Å²) in [5.74, 6) is -13.3. The predicted octanol–water partition coefficient (Wildman–Crippen LogP) is -15.2. The standard InChI is InChI=1S/C71H113N9O45/c1-15-33(87)42(96)67(114-48(15)59(104)79-107)119-53-32(77-24(10)85)65(111-20(6)36(53)90)125-71(11,72)25-12-26(86)63(117-51-29(74-21(7)82)17(3)109-19(5)35(51)89)116-50(25)57(102)73-13-27-37(91)39(93)44(98)66(112-27)124-70-46(100)41(95)61(123-70)78-58(103)56-55(40(94)45(99)69(122-56)118-52-30(75-22(8)83)18(4)110-62(106)47(52)101)121-64-31(76-23(9)84)54(38(92)28(14-81)113-64)120-68-43(97)34(88)16(2)49(115-68)60(105)80-108/h15-20,25-56,61-70,81,86-101,106H,12-14,72H2,1-11H3,(H,73,102)(H,74,82)(H,75,83)(H,76,84)(H,77,85)(H,78,103)/t15-,16?,17-,18?,19?,20?,25-,26-,27?,28?,29?,30?,31?,32?,33?,34?,35?,36?,37?,38+,39?,40?,41?,42?,43?,44?,45?,46?,47?,48?,49?,50?,51?,52?,53?,54?,55-,56?,61?,62?,63-,64-,65?,66?,67-,68?,69+,70+,71?/m0/s1. The van der Waals surface area contributed by atoms with Gasteiger partial charge in [-0.1, -0.05) is 13.8 Å². The van der Waals surface area contributed by atoms with Crippen molar-refractivity contribution < 1.29 is 211 Å². The maximum atomic E-state index is 15.2. The summed E-state index contributed by atoms with van der Waals surface area (Å²) < 4.78 is 100. The molecular weight excluding hydrogens is 1700 g/mol. The molecule has 125 heavy (non-hydrogen) atoms. The Hall–Kier alpha value is -6.08. The van der Waals surface area contributed by atoms with Gasteiger partial charge in [0.2, 0.25) is 29.5 Å². The molecule has 26 N–H and O–H groups in total. The number of hydrogen-bond donors (Lipinski definition) is 25. The van der Waals surface area contributed by atoms with Crippen LogP contribution in [-0.4, -0.2) is 434 Å². The molecule has 10 rings (SSSR count). The van der Waals surface area contributed by atoms with Crippen molar-refractivity contribution in [3.63, 3.8) is 0 Å². The third-order valence-corrected chi connectivity index (χ3v) is 23.6. The van der Waals surface area contributed by atoms with Gasteiger partial charge >= 0.3 is 11.8 Å². The first kappa shape index (κ1) is 101. The highest BCUT2D eigenvalue weighted by atomic mass is 16.8. The van der Waals surface area contributed by atoms with E-state index in [-0.39, 0.29) is 0 Å². The van der Waals surface area contributed by atoms with E-state index in [9.17, 15) is 130 Å². The highest BCUT2D eigenvalue weighted by Crippen LogP contribution is 2.42. The summed E-state index contributed by atoms with van der Waals surface area (Å²) in [6.45, 7) is 11.2. The molecule has 0 aliphatic carbocycles. The molecule has 0 aromatic carbocycles. The van der Waals surface area contributed by atoms with Crippen molar-refractivity contribution in [2.75, 3.05) is 13.2 Å². The molecular formula is C71H113N9O45. The second kappa shape index (κ2) is 42.0. The number of nitrogens with two attached hydrogens (primary N) is 1. The summed E-state index contributed by atoms with van der Waals surface area (Å²) in [4.78, 5) is 129. The Morgan fingerprint density at radius 3 is 1.28 bits per heavy atom. The van der Waals surface area contributed by atoms with Crippen LogP contribution in [0.1, 0.15) is 82.6 Å². The zero-order chi connectivity index (χ0) is 92.6. The van der Waals surface area contributed by atoms with E-state index in [2.05, 4.69) is 42.3 Å². The zero-order valence-electron chi connectivity index (χ0n) is 68.9. The van der Waals surface area contributed by atoms with Gasteiger partial charge in [0, 0.05) is 62.3 Å². The lowest BCUT2D eigenvalue weighted by molar-refractivity contribution is -0.366. The average Bonchev–Trinajstić information content (AvgIpc) is 0.867. The van der Waals surface area contributed by atoms with Crippen LogP contribution in [0, 0.1) is 27.6 Å². The SMILES string of the molecule is CC(=O)NC1C(C)OC(O)C(O)C1O[C@@H]1OC(C(=O)NC2O[C@H](OC3OC(CNC(=O)C4O[C@@H](OC5C(O)C(C)O[C@@H](C)C5NC(C)=O)[C@@H](O)C[C@@H]4C(C)(N)OC4OC(C)C(O)C(O[C@@H]5OC(C(=O)N=O)[C@@H](C)C(O)C5O)C4NC(C)=O)C(O)C(O)C3O)C(O)C2O)[C@@H](O[C@@H]2OC(CO)[C@@H](O)C(OC3OC(C(=O)N=O)C(C)C(O)C3O)C2NC(C)=O)C(O)C1O. The summed E-state index contributed by atoms with van der Waals surface area (Å²) in [6.07, 6.45) is -82.8. The number of aliphatic hydroxyl groups is 18. The largest absolute Gasteiger partial charge is 0.394 e. The predicted molar refractivity (Wildman–Crippen MR) is 393 cm³/mol. The van der Waals surface area contributed by atoms with Crippen molar-refractivity contribution in [3.05, 3.63) is 9.81 Å².